The van der Waals surface area contributed by atoms with Gasteiger partial charge in [-0.25, -0.2) is 4.79 Å². The monoisotopic (exact) mass is 334 g/mol. The van der Waals surface area contributed by atoms with Gasteiger partial charge in [-0.05, 0) is 36.8 Å². The molecule has 2 rings (SSSR count). The Morgan fingerprint density at radius 2 is 1.95 bits per heavy atom. The molecule has 0 aliphatic carbocycles. The zero-order chi connectivity index (χ0) is 15.8. The summed E-state index contributed by atoms with van der Waals surface area (Å²) in [5, 5.41) is 6.44. The average molecular weight is 335 g/mol. The molecule has 0 fully saturated rings. The molecule has 116 valence electrons. The number of carbonyl (C=O) groups excluding carboxylic acids is 1. The number of carbonyl (C=O) groups is 1. The van der Waals surface area contributed by atoms with Crippen LogP contribution in [0.2, 0.25) is 5.02 Å². The van der Waals surface area contributed by atoms with Gasteiger partial charge in [0.15, 0.2) is 0 Å². The fourth-order valence-electron chi connectivity index (χ4n) is 1.96. The van der Waals surface area contributed by atoms with Gasteiger partial charge in [-0.2, -0.15) is 0 Å². The van der Waals surface area contributed by atoms with Crippen molar-refractivity contribution < 1.29 is 4.79 Å². The minimum absolute atomic E-state index is 0.0829. The number of hydrogen-bond acceptors (Lipinski definition) is 2. The van der Waals surface area contributed by atoms with Gasteiger partial charge in [0.2, 0.25) is 0 Å². The molecule has 2 aromatic carbocycles. The van der Waals surface area contributed by atoms with Crippen LogP contribution in [0.5, 0.6) is 0 Å². The molecule has 2 N–H and O–H groups in total. The molecular weight excluding hydrogens is 316 g/mol. The van der Waals surface area contributed by atoms with E-state index in [2.05, 4.69) is 22.8 Å². The highest BCUT2D eigenvalue weighted by Gasteiger charge is 2.09. The van der Waals surface area contributed by atoms with E-state index in [1.165, 1.54) is 4.90 Å². The number of rotatable bonds is 6. The van der Waals surface area contributed by atoms with Crippen LogP contribution >= 0.6 is 23.4 Å². The van der Waals surface area contributed by atoms with Crippen LogP contribution in [0.4, 0.5) is 4.79 Å². The summed E-state index contributed by atoms with van der Waals surface area (Å²) in [6.45, 7) is 2.55. The van der Waals surface area contributed by atoms with Crippen LogP contribution in [0, 0.1) is 0 Å². The van der Waals surface area contributed by atoms with Crippen LogP contribution in [0.25, 0.3) is 0 Å². The van der Waals surface area contributed by atoms with Gasteiger partial charge in [-0.1, -0.05) is 41.9 Å². The van der Waals surface area contributed by atoms with E-state index in [-0.39, 0.29) is 12.1 Å². The number of nitrogens with one attached hydrogen (secondary N) is 2. The summed E-state index contributed by atoms with van der Waals surface area (Å²) in [5.74, 6) is 0.836. The second kappa shape index (κ2) is 8.71. The summed E-state index contributed by atoms with van der Waals surface area (Å²) in [7, 11) is 0. The summed E-state index contributed by atoms with van der Waals surface area (Å²) in [5.41, 5.74) is 0.987. The van der Waals surface area contributed by atoms with E-state index in [1.54, 1.807) is 11.8 Å². The molecule has 3 nitrogen and oxygen atoms in total. The summed E-state index contributed by atoms with van der Waals surface area (Å²) in [4.78, 5) is 13.1. The maximum Gasteiger partial charge on any atom is 0.315 e. The quantitative estimate of drug-likeness (QED) is 0.603. The van der Waals surface area contributed by atoms with E-state index in [9.17, 15) is 4.79 Å². The molecule has 0 heterocycles. The van der Waals surface area contributed by atoms with Crippen molar-refractivity contribution in [2.75, 3.05) is 12.3 Å². The highest BCUT2D eigenvalue weighted by atomic mass is 35.5. The first-order valence-electron chi connectivity index (χ1n) is 7.13. The Labute approximate surface area is 140 Å². The summed E-state index contributed by atoms with van der Waals surface area (Å²) in [6, 6.07) is 17.4. The molecule has 0 bridgehead atoms. The van der Waals surface area contributed by atoms with Gasteiger partial charge < -0.3 is 10.6 Å². The van der Waals surface area contributed by atoms with Gasteiger partial charge in [0, 0.05) is 22.2 Å². The van der Waals surface area contributed by atoms with Crippen LogP contribution in [0.1, 0.15) is 18.5 Å². The van der Waals surface area contributed by atoms with Crippen LogP contribution in [0.3, 0.4) is 0 Å². The number of halogens is 1. The van der Waals surface area contributed by atoms with Crippen LogP contribution in [-0.2, 0) is 0 Å². The van der Waals surface area contributed by atoms with Gasteiger partial charge in [0.1, 0.15) is 0 Å². The smallest absolute Gasteiger partial charge is 0.315 e. The Bertz CT molecular complexity index is 607. The SMILES string of the molecule is CC(NC(=O)NCCSc1ccccc1)c1cccc(Cl)c1. The minimum atomic E-state index is -0.166. The topological polar surface area (TPSA) is 41.1 Å². The first-order chi connectivity index (χ1) is 10.6. The van der Waals surface area contributed by atoms with Crippen LogP contribution in [-0.4, -0.2) is 18.3 Å². The van der Waals surface area contributed by atoms with Crippen molar-refractivity contribution in [1.82, 2.24) is 10.6 Å². The van der Waals surface area contributed by atoms with Crippen molar-refractivity contribution in [3.05, 3.63) is 65.2 Å². The fourth-order valence-corrected chi connectivity index (χ4v) is 2.95. The Morgan fingerprint density at radius 3 is 2.68 bits per heavy atom. The normalized spacial score (nSPS) is 11.7. The Morgan fingerprint density at radius 1 is 1.18 bits per heavy atom. The summed E-state index contributed by atoms with van der Waals surface area (Å²) >= 11 is 7.67. The van der Waals surface area contributed by atoms with Crippen molar-refractivity contribution in [3.8, 4) is 0 Å². The first-order valence-corrected chi connectivity index (χ1v) is 8.49. The molecule has 22 heavy (non-hydrogen) atoms. The third-order valence-electron chi connectivity index (χ3n) is 3.10. The highest BCUT2D eigenvalue weighted by Crippen LogP contribution is 2.17. The molecule has 0 aliphatic rings. The summed E-state index contributed by atoms with van der Waals surface area (Å²) in [6.07, 6.45) is 0. The number of amides is 2. The number of benzene rings is 2. The average Bonchev–Trinajstić information content (AvgIpc) is 2.52. The lowest BCUT2D eigenvalue weighted by Crippen LogP contribution is -2.38. The Balaban J connectivity index is 1.69. The van der Waals surface area contributed by atoms with E-state index < -0.39 is 0 Å². The number of urea groups is 1. The third-order valence-corrected chi connectivity index (χ3v) is 4.34. The zero-order valence-electron chi connectivity index (χ0n) is 12.4. The maximum absolute atomic E-state index is 11.9. The van der Waals surface area contributed by atoms with Crippen molar-refractivity contribution in [1.29, 1.82) is 0 Å². The molecule has 0 aromatic heterocycles. The third kappa shape index (κ3) is 5.62. The van der Waals surface area contributed by atoms with E-state index >= 15 is 0 Å². The summed E-state index contributed by atoms with van der Waals surface area (Å²) < 4.78 is 0. The van der Waals surface area contributed by atoms with E-state index in [0.717, 1.165) is 11.3 Å². The van der Waals surface area contributed by atoms with Crippen LogP contribution < -0.4 is 10.6 Å². The molecule has 0 spiro atoms. The second-order valence-electron chi connectivity index (χ2n) is 4.84. The Kier molecular flexibility index (Phi) is 6.62. The maximum atomic E-state index is 11.9. The molecule has 0 aliphatic heterocycles. The lowest BCUT2D eigenvalue weighted by atomic mass is 10.1. The molecule has 2 amide bonds. The zero-order valence-corrected chi connectivity index (χ0v) is 14.0. The van der Waals surface area contributed by atoms with E-state index in [4.69, 9.17) is 11.6 Å². The highest BCUT2D eigenvalue weighted by molar-refractivity contribution is 7.99. The largest absolute Gasteiger partial charge is 0.337 e. The van der Waals surface area contributed by atoms with Crippen molar-refractivity contribution >= 4 is 29.4 Å². The molecule has 0 saturated carbocycles. The Hall–Kier alpha value is -1.65. The molecule has 0 saturated heterocycles. The van der Waals surface area contributed by atoms with Gasteiger partial charge >= 0.3 is 6.03 Å². The van der Waals surface area contributed by atoms with Gasteiger partial charge in [-0.15, -0.1) is 11.8 Å². The standard InChI is InChI=1S/C17H19ClN2OS/c1-13(14-6-5-7-15(18)12-14)20-17(21)19-10-11-22-16-8-3-2-4-9-16/h2-9,12-13H,10-11H2,1H3,(H2,19,20,21). The van der Waals surface area contributed by atoms with Crippen molar-refractivity contribution in [3.63, 3.8) is 0 Å². The van der Waals surface area contributed by atoms with Crippen molar-refractivity contribution in [2.24, 2.45) is 0 Å². The fraction of sp³-hybridized carbons (Fsp3) is 0.235. The van der Waals surface area contributed by atoms with Crippen LogP contribution in [0.15, 0.2) is 59.5 Å². The first kappa shape index (κ1) is 16.7. The van der Waals surface area contributed by atoms with Gasteiger partial charge in [0.05, 0.1) is 6.04 Å². The lowest BCUT2D eigenvalue weighted by Gasteiger charge is -2.15. The molecule has 0 radical (unpaired) electrons. The number of hydrogen-bond donors (Lipinski definition) is 2. The van der Waals surface area contributed by atoms with E-state index in [0.29, 0.717) is 11.6 Å². The second-order valence-corrected chi connectivity index (χ2v) is 6.44. The molecule has 1 atom stereocenters. The van der Waals surface area contributed by atoms with Gasteiger partial charge in [-0.3, -0.25) is 0 Å². The van der Waals surface area contributed by atoms with Gasteiger partial charge in [0.25, 0.3) is 0 Å². The lowest BCUT2D eigenvalue weighted by molar-refractivity contribution is 0.238. The predicted molar refractivity (Wildman–Crippen MR) is 93.6 cm³/mol. The van der Waals surface area contributed by atoms with Crippen molar-refractivity contribution in [2.45, 2.75) is 17.9 Å². The van der Waals surface area contributed by atoms with E-state index in [1.807, 2.05) is 49.4 Å². The molecular formula is C17H19ClN2OS. The number of thioether (sulfide) groups is 1. The molecule has 5 heteroatoms. The minimum Gasteiger partial charge on any atom is -0.337 e. The predicted octanol–water partition coefficient (Wildman–Crippen LogP) is 4.49. The molecule has 1 unspecified atom stereocenters. The molecule has 2 aromatic rings.